The molecule has 1 heterocycles. The summed E-state index contributed by atoms with van der Waals surface area (Å²) in [6.45, 7) is 9.40. The van der Waals surface area contributed by atoms with Gasteiger partial charge in [-0.15, -0.1) is 0 Å². The number of hydrogen-bond donors (Lipinski definition) is 2. The molecule has 0 radical (unpaired) electrons. The molecule has 0 aromatic rings. The quantitative estimate of drug-likeness (QED) is 0.388. The van der Waals surface area contributed by atoms with Crippen molar-refractivity contribution in [2.24, 2.45) is 5.73 Å². The molecule has 1 aliphatic rings. The van der Waals surface area contributed by atoms with Crippen LogP contribution in [-0.2, 0) is 0 Å². The molecular formula is C11H24N4. The van der Waals surface area contributed by atoms with Crippen LogP contribution in [0.3, 0.4) is 0 Å². The summed E-state index contributed by atoms with van der Waals surface area (Å²) in [5.41, 5.74) is 5.31. The van der Waals surface area contributed by atoms with Crippen LogP contribution in [0.2, 0.25) is 0 Å². The predicted octanol–water partition coefficient (Wildman–Crippen LogP) is 0.730. The number of rotatable bonds is 6. The van der Waals surface area contributed by atoms with Gasteiger partial charge in [-0.25, -0.2) is 0 Å². The van der Waals surface area contributed by atoms with Crippen molar-refractivity contribution >= 4 is 5.84 Å². The summed E-state index contributed by atoms with van der Waals surface area (Å²) < 4.78 is 0. The van der Waals surface area contributed by atoms with Gasteiger partial charge in [-0.05, 0) is 25.9 Å². The van der Waals surface area contributed by atoms with Crippen LogP contribution in [0.1, 0.15) is 26.2 Å². The van der Waals surface area contributed by atoms with E-state index in [1.165, 1.54) is 45.7 Å². The third kappa shape index (κ3) is 5.14. The highest BCUT2D eigenvalue weighted by Gasteiger charge is 2.14. The molecule has 0 aromatic heterocycles. The second-order valence-corrected chi connectivity index (χ2v) is 4.26. The highest BCUT2D eigenvalue weighted by molar-refractivity contribution is 5.76. The van der Waals surface area contributed by atoms with Crippen LogP contribution in [0.15, 0.2) is 0 Å². The maximum absolute atomic E-state index is 7.13. The summed E-state index contributed by atoms with van der Waals surface area (Å²) in [4.78, 5) is 5.01. The molecule has 0 aliphatic carbocycles. The van der Waals surface area contributed by atoms with E-state index in [4.69, 9.17) is 11.1 Å². The Bertz CT molecular complexity index is 185. The van der Waals surface area contributed by atoms with E-state index in [9.17, 15) is 0 Å². The fourth-order valence-corrected chi connectivity index (χ4v) is 1.98. The highest BCUT2D eigenvalue weighted by atomic mass is 15.3. The first kappa shape index (κ1) is 12.5. The smallest absolute Gasteiger partial charge is 0.0905 e. The zero-order valence-corrected chi connectivity index (χ0v) is 9.84. The zero-order valence-electron chi connectivity index (χ0n) is 9.84. The maximum Gasteiger partial charge on any atom is 0.0905 e. The Balaban J connectivity index is 2.01. The number of hydrogen-bond acceptors (Lipinski definition) is 3. The van der Waals surface area contributed by atoms with E-state index < -0.39 is 0 Å². The van der Waals surface area contributed by atoms with Crippen LogP contribution in [-0.4, -0.2) is 54.9 Å². The Morgan fingerprint density at radius 1 is 1.13 bits per heavy atom. The lowest BCUT2D eigenvalue weighted by molar-refractivity contribution is 0.136. The van der Waals surface area contributed by atoms with Gasteiger partial charge < -0.3 is 15.5 Å². The summed E-state index contributed by atoms with van der Waals surface area (Å²) in [7, 11) is 0. The average Bonchev–Trinajstić information content (AvgIpc) is 2.25. The zero-order chi connectivity index (χ0) is 11.1. The molecule has 15 heavy (non-hydrogen) atoms. The molecule has 1 aliphatic heterocycles. The molecule has 0 saturated carbocycles. The Morgan fingerprint density at radius 3 is 2.27 bits per heavy atom. The number of nitrogens with one attached hydrogen (secondary N) is 1. The number of nitrogens with zero attached hydrogens (tertiary/aromatic N) is 2. The summed E-state index contributed by atoms with van der Waals surface area (Å²) in [6, 6.07) is 0. The van der Waals surface area contributed by atoms with Gasteiger partial charge in [0.1, 0.15) is 0 Å². The Kier molecular flexibility index (Phi) is 5.65. The van der Waals surface area contributed by atoms with Crippen molar-refractivity contribution in [1.82, 2.24) is 9.80 Å². The SMILES string of the molecule is CCN1CCN(CCCCC(=N)N)CC1. The van der Waals surface area contributed by atoms with E-state index in [-0.39, 0.29) is 0 Å². The van der Waals surface area contributed by atoms with Crippen LogP contribution < -0.4 is 5.73 Å². The van der Waals surface area contributed by atoms with Crippen molar-refractivity contribution in [3.05, 3.63) is 0 Å². The number of piperazine rings is 1. The minimum atomic E-state index is 0.325. The summed E-state index contributed by atoms with van der Waals surface area (Å²) >= 11 is 0. The molecule has 0 spiro atoms. The van der Waals surface area contributed by atoms with E-state index in [0.29, 0.717) is 5.84 Å². The van der Waals surface area contributed by atoms with Gasteiger partial charge >= 0.3 is 0 Å². The Morgan fingerprint density at radius 2 is 1.73 bits per heavy atom. The van der Waals surface area contributed by atoms with Gasteiger partial charge in [-0.2, -0.15) is 0 Å². The molecule has 1 fully saturated rings. The topological polar surface area (TPSA) is 56.4 Å². The van der Waals surface area contributed by atoms with Gasteiger partial charge in [-0.1, -0.05) is 6.92 Å². The van der Waals surface area contributed by atoms with E-state index in [2.05, 4.69) is 16.7 Å². The van der Waals surface area contributed by atoms with Crippen molar-refractivity contribution < 1.29 is 0 Å². The van der Waals surface area contributed by atoms with Crippen LogP contribution in [0.5, 0.6) is 0 Å². The molecule has 0 aromatic carbocycles. The van der Waals surface area contributed by atoms with Gasteiger partial charge in [0.05, 0.1) is 5.84 Å². The first-order valence-corrected chi connectivity index (χ1v) is 6.00. The van der Waals surface area contributed by atoms with Crippen molar-refractivity contribution in [3.63, 3.8) is 0 Å². The van der Waals surface area contributed by atoms with Gasteiger partial charge in [0.15, 0.2) is 0 Å². The van der Waals surface area contributed by atoms with Crippen LogP contribution in [0.25, 0.3) is 0 Å². The molecule has 1 rings (SSSR count). The van der Waals surface area contributed by atoms with E-state index >= 15 is 0 Å². The number of amidine groups is 1. The third-order valence-corrected chi connectivity index (χ3v) is 3.08. The fourth-order valence-electron chi connectivity index (χ4n) is 1.98. The van der Waals surface area contributed by atoms with Crippen molar-refractivity contribution in [2.45, 2.75) is 26.2 Å². The van der Waals surface area contributed by atoms with Crippen molar-refractivity contribution in [1.29, 1.82) is 5.41 Å². The fraction of sp³-hybridized carbons (Fsp3) is 0.909. The number of unbranched alkanes of at least 4 members (excludes halogenated alkanes) is 1. The Hall–Kier alpha value is -0.610. The molecule has 88 valence electrons. The normalized spacial score (nSPS) is 19.3. The molecule has 0 atom stereocenters. The summed E-state index contributed by atoms with van der Waals surface area (Å²) in [6.07, 6.45) is 2.99. The Labute approximate surface area is 92.9 Å². The van der Waals surface area contributed by atoms with Gasteiger partial charge in [0, 0.05) is 32.6 Å². The molecular weight excluding hydrogens is 188 g/mol. The predicted molar refractivity (Wildman–Crippen MR) is 64.3 cm³/mol. The number of likely N-dealkylation sites (N-methyl/N-ethyl adjacent to an activating group) is 1. The minimum Gasteiger partial charge on any atom is -0.388 e. The molecule has 0 unspecified atom stereocenters. The van der Waals surface area contributed by atoms with Crippen LogP contribution >= 0.6 is 0 Å². The first-order valence-electron chi connectivity index (χ1n) is 6.00. The second-order valence-electron chi connectivity index (χ2n) is 4.26. The molecule has 4 heteroatoms. The summed E-state index contributed by atoms with van der Waals surface area (Å²) in [5.74, 6) is 0.325. The van der Waals surface area contributed by atoms with E-state index in [1.54, 1.807) is 0 Å². The lowest BCUT2D eigenvalue weighted by Gasteiger charge is -2.33. The first-order chi connectivity index (χ1) is 7.22. The third-order valence-electron chi connectivity index (χ3n) is 3.08. The number of nitrogens with two attached hydrogens (primary N) is 1. The van der Waals surface area contributed by atoms with Crippen LogP contribution in [0.4, 0.5) is 0 Å². The largest absolute Gasteiger partial charge is 0.388 e. The van der Waals surface area contributed by atoms with Gasteiger partial charge in [0.2, 0.25) is 0 Å². The lowest BCUT2D eigenvalue weighted by atomic mass is 10.2. The monoisotopic (exact) mass is 212 g/mol. The standard InChI is InChI=1S/C11H24N4/c1-2-14-7-9-15(10-8-14)6-4-3-5-11(12)13/h2-10H2,1H3,(H3,12,13). The van der Waals surface area contributed by atoms with Crippen molar-refractivity contribution in [3.8, 4) is 0 Å². The maximum atomic E-state index is 7.13. The molecule has 0 bridgehead atoms. The van der Waals surface area contributed by atoms with E-state index in [1.807, 2.05) is 0 Å². The minimum absolute atomic E-state index is 0.325. The van der Waals surface area contributed by atoms with E-state index in [0.717, 1.165) is 12.8 Å². The second kappa shape index (κ2) is 6.80. The summed E-state index contributed by atoms with van der Waals surface area (Å²) in [5, 5.41) is 7.13. The highest BCUT2D eigenvalue weighted by Crippen LogP contribution is 2.04. The molecule has 3 N–H and O–H groups in total. The average molecular weight is 212 g/mol. The van der Waals surface area contributed by atoms with Crippen molar-refractivity contribution in [2.75, 3.05) is 39.3 Å². The lowest BCUT2D eigenvalue weighted by Crippen LogP contribution is -2.46. The molecule has 0 amide bonds. The van der Waals surface area contributed by atoms with Gasteiger partial charge in [0.25, 0.3) is 0 Å². The van der Waals surface area contributed by atoms with Crippen LogP contribution in [0, 0.1) is 5.41 Å². The van der Waals surface area contributed by atoms with Gasteiger partial charge in [-0.3, -0.25) is 5.41 Å². The molecule has 1 saturated heterocycles. The molecule has 4 nitrogen and oxygen atoms in total.